The number of nitrogens with one attached hydrogen (secondary N) is 1. The minimum absolute atomic E-state index is 0.0398. The van der Waals surface area contributed by atoms with Gasteiger partial charge in [0, 0.05) is 42.9 Å². The highest BCUT2D eigenvalue weighted by Gasteiger charge is 2.20. The highest BCUT2D eigenvalue weighted by atomic mass is 16.2. The molecule has 200 valence electrons. The van der Waals surface area contributed by atoms with E-state index in [1.807, 2.05) is 66.4 Å². The van der Waals surface area contributed by atoms with E-state index in [1.54, 1.807) is 4.57 Å². The van der Waals surface area contributed by atoms with Gasteiger partial charge in [0.2, 0.25) is 11.9 Å². The quantitative estimate of drug-likeness (QED) is 0.357. The fraction of sp³-hybridized carbons (Fsp3) is 0.258. The van der Waals surface area contributed by atoms with Crippen LogP contribution in [0, 0.1) is 23.2 Å². The van der Waals surface area contributed by atoms with E-state index in [2.05, 4.69) is 33.2 Å². The van der Waals surface area contributed by atoms with Crippen molar-refractivity contribution in [3.63, 3.8) is 0 Å². The van der Waals surface area contributed by atoms with E-state index >= 15 is 0 Å². The number of carbonyl (C=O) groups excluding carboxylic acids is 1. The Balaban J connectivity index is 1.54. The van der Waals surface area contributed by atoms with Crippen molar-refractivity contribution in [2.75, 3.05) is 24.1 Å². The van der Waals surface area contributed by atoms with E-state index < -0.39 is 6.04 Å². The number of nitrogens with zero attached hydrogens (tertiary/aromatic N) is 5. The lowest BCUT2D eigenvalue weighted by atomic mass is 10.0. The highest BCUT2D eigenvalue weighted by molar-refractivity contribution is 5.88. The molecule has 9 nitrogen and oxygen atoms in total. The third kappa shape index (κ3) is 5.50. The normalized spacial score (nSPS) is 13.3. The molecule has 40 heavy (non-hydrogen) atoms. The number of aromatic nitrogens is 3. The highest BCUT2D eigenvalue weighted by Crippen LogP contribution is 2.26. The van der Waals surface area contributed by atoms with E-state index in [0.717, 1.165) is 31.3 Å². The van der Waals surface area contributed by atoms with Crippen molar-refractivity contribution in [2.45, 2.75) is 38.6 Å². The third-order valence-corrected chi connectivity index (χ3v) is 6.96. The van der Waals surface area contributed by atoms with Gasteiger partial charge < -0.3 is 16.0 Å². The van der Waals surface area contributed by atoms with Crippen LogP contribution in [-0.4, -0.2) is 38.4 Å². The molecule has 1 amide bonds. The predicted octanol–water partition coefficient (Wildman–Crippen LogP) is 4.16. The number of amides is 1. The van der Waals surface area contributed by atoms with Crippen LogP contribution in [0.1, 0.15) is 55.5 Å². The van der Waals surface area contributed by atoms with Crippen molar-refractivity contribution in [1.29, 1.82) is 5.26 Å². The van der Waals surface area contributed by atoms with Gasteiger partial charge in [-0.05, 0) is 49.4 Å². The molecule has 0 bridgehead atoms. The molecule has 2 aromatic heterocycles. The zero-order valence-electron chi connectivity index (χ0n) is 22.2. The van der Waals surface area contributed by atoms with Crippen molar-refractivity contribution >= 4 is 28.4 Å². The molecule has 0 saturated carbocycles. The Morgan fingerprint density at radius 1 is 1.12 bits per heavy atom. The smallest absolute Gasteiger partial charge is 0.264 e. The topological polar surface area (TPSA) is 130 Å². The van der Waals surface area contributed by atoms with Crippen LogP contribution in [0.3, 0.4) is 0 Å². The van der Waals surface area contributed by atoms with Crippen molar-refractivity contribution in [3.8, 4) is 23.6 Å². The maximum absolute atomic E-state index is 14.1. The number of pyridine rings is 1. The lowest BCUT2D eigenvalue weighted by Gasteiger charge is -2.22. The summed E-state index contributed by atoms with van der Waals surface area (Å²) in [6.07, 6.45) is 4.29. The Morgan fingerprint density at radius 3 is 2.65 bits per heavy atom. The zero-order valence-corrected chi connectivity index (χ0v) is 22.2. The first-order chi connectivity index (χ1) is 19.5. The van der Waals surface area contributed by atoms with Crippen molar-refractivity contribution < 1.29 is 4.79 Å². The van der Waals surface area contributed by atoms with Crippen molar-refractivity contribution in [1.82, 2.24) is 19.4 Å². The SMILES string of the molecule is CC(Nc1nc(N)ncc1C#N)c1cc2cccc(C#CCCC(=O)N3CCCC3)c2c(=O)n1-c1ccccc1. The molecular formula is C31H29N7O2. The van der Waals surface area contributed by atoms with Gasteiger partial charge in [-0.15, -0.1) is 0 Å². The van der Waals surface area contributed by atoms with E-state index in [4.69, 9.17) is 5.73 Å². The Kier molecular flexibility index (Phi) is 7.75. The van der Waals surface area contributed by atoms with Gasteiger partial charge in [0.15, 0.2) is 0 Å². The number of nitrogens with two attached hydrogens (primary N) is 1. The lowest BCUT2D eigenvalue weighted by Crippen LogP contribution is -2.27. The van der Waals surface area contributed by atoms with Gasteiger partial charge in [-0.25, -0.2) is 4.98 Å². The molecule has 0 radical (unpaired) electrons. The van der Waals surface area contributed by atoms with Crippen LogP contribution in [0.15, 0.2) is 65.6 Å². The number of likely N-dealkylation sites (tertiary alicyclic amines) is 1. The summed E-state index contributed by atoms with van der Waals surface area (Å²) in [5, 5.41) is 14.0. The number of fused-ring (bicyclic) bond motifs is 1. The van der Waals surface area contributed by atoms with Crippen molar-refractivity contribution in [3.05, 3.63) is 88.0 Å². The Morgan fingerprint density at radius 2 is 1.90 bits per heavy atom. The molecular weight excluding hydrogens is 502 g/mol. The summed E-state index contributed by atoms with van der Waals surface area (Å²) in [6, 6.07) is 18.5. The summed E-state index contributed by atoms with van der Waals surface area (Å²) in [6.45, 7) is 3.54. The molecule has 1 unspecified atom stereocenters. The van der Waals surface area contributed by atoms with Crippen LogP contribution < -0.4 is 16.6 Å². The molecule has 0 aliphatic carbocycles. The van der Waals surface area contributed by atoms with Crippen molar-refractivity contribution in [2.24, 2.45) is 0 Å². The maximum atomic E-state index is 14.1. The van der Waals surface area contributed by atoms with Gasteiger partial charge in [0.1, 0.15) is 17.5 Å². The number of nitriles is 1. The van der Waals surface area contributed by atoms with Crippen LogP contribution in [0.25, 0.3) is 16.5 Å². The molecule has 1 aliphatic heterocycles. The molecule has 1 aliphatic rings. The first-order valence-electron chi connectivity index (χ1n) is 13.3. The van der Waals surface area contributed by atoms with Gasteiger partial charge in [0.25, 0.3) is 5.56 Å². The van der Waals surface area contributed by atoms with Crippen LogP contribution in [0.4, 0.5) is 11.8 Å². The fourth-order valence-corrected chi connectivity index (χ4v) is 4.97. The molecule has 9 heteroatoms. The molecule has 3 heterocycles. The number of para-hydroxylation sites is 1. The monoisotopic (exact) mass is 531 g/mol. The number of nitrogen functional groups attached to an aromatic ring is 1. The first-order valence-corrected chi connectivity index (χ1v) is 13.3. The number of rotatable bonds is 6. The molecule has 4 aromatic rings. The van der Waals surface area contributed by atoms with E-state index in [-0.39, 0.29) is 28.8 Å². The van der Waals surface area contributed by atoms with Gasteiger partial charge in [-0.1, -0.05) is 42.2 Å². The number of hydrogen-bond donors (Lipinski definition) is 2. The number of carbonyl (C=O) groups is 1. The Labute approximate surface area is 232 Å². The third-order valence-electron chi connectivity index (χ3n) is 6.96. The lowest BCUT2D eigenvalue weighted by molar-refractivity contribution is -0.129. The molecule has 0 spiro atoms. The first kappa shape index (κ1) is 26.5. The molecule has 1 saturated heterocycles. The minimum Gasteiger partial charge on any atom is -0.368 e. The van der Waals surface area contributed by atoms with Crippen LogP contribution >= 0.6 is 0 Å². The largest absolute Gasteiger partial charge is 0.368 e. The van der Waals surface area contributed by atoms with Gasteiger partial charge in [0.05, 0.1) is 17.6 Å². The summed E-state index contributed by atoms with van der Waals surface area (Å²) >= 11 is 0. The molecule has 2 aromatic carbocycles. The van der Waals surface area contributed by atoms with Crippen LogP contribution in [0.5, 0.6) is 0 Å². The van der Waals surface area contributed by atoms with Gasteiger partial charge in [-0.3, -0.25) is 14.2 Å². The van der Waals surface area contributed by atoms with Crippen LogP contribution in [-0.2, 0) is 4.79 Å². The van der Waals surface area contributed by atoms with E-state index in [9.17, 15) is 14.9 Å². The second kappa shape index (κ2) is 11.7. The average molecular weight is 532 g/mol. The second-order valence-corrected chi connectivity index (χ2v) is 9.67. The maximum Gasteiger partial charge on any atom is 0.264 e. The zero-order chi connectivity index (χ0) is 28.1. The predicted molar refractivity (Wildman–Crippen MR) is 155 cm³/mol. The standard InChI is InChI=1S/C31H29N7O2/c1-21(35-29-24(19-32)20-34-31(33)36-29)26-18-23-12-9-11-22(10-5-6-15-27(39)37-16-7-8-17-37)28(23)30(40)38(26)25-13-3-2-4-14-25/h2-4,9,11-14,18,20-21H,6-8,15-17H2,1H3,(H3,33,34,35,36). The van der Waals surface area contributed by atoms with E-state index in [0.29, 0.717) is 35.2 Å². The number of anilines is 2. The molecule has 1 atom stereocenters. The van der Waals surface area contributed by atoms with Gasteiger partial charge >= 0.3 is 0 Å². The summed E-state index contributed by atoms with van der Waals surface area (Å²) in [5.74, 6) is 6.72. The minimum atomic E-state index is -0.426. The fourth-order valence-electron chi connectivity index (χ4n) is 4.97. The van der Waals surface area contributed by atoms with E-state index in [1.165, 1.54) is 6.20 Å². The summed E-state index contributed by atoms with van der Waals surface area (Å²) < 4.78 is 1.65. The number of benzene rings is 2. The summed E-state index contributed by atoms with van der Waals surface area (Å²) in [5.41, 5.74) is 7.78. The molecule has 1 fully saturated rings. The summed E-state index contributed by atoms with van der Waals surface area (Å²) in [7, 11) is 0. The molecule has 3 N–H and O–H groups in total. The number of hydrogen-bond acceptors (Lipinski definition) is 7. The Hall–Kier alpha value is -5.15. The summed E-state index contributed by atoms with van der Waals surface area (Å²) in [4.78, 5) is 36.5. The molecule has 5 rings (SSSR count). The average Bonchev–Trinajstić information content (AvgIpc) is 3.51. The Bertz CT molecular complexity index is 1720. The van der Waals surface area contributed by atoms with Crippen LogP contribution in [0.2, 0.25) is 0 Å². The second-order valence-electron chi connectivity index (χ2n) is 9.67. The van der Waals surface area contributed by atoms with Gasteiger partial charge in [-0.2, -0.15) is 10.2 Å².